The van der Waals surface area contributed by atoms with Crippen LogP contribution in [0.2, 0.25) is 10.2 Å². The largest absolute Gasteiger partial charge is 0.393 e. The number of nitrogens with zero attached hydrogens (tertiary/aromatic N) is 2. The molecule has 0 amide bonds. The molecule has 0 radical (unpaired) electrons. The first-order valence-corrected chi connectivity index (χ1v) is 6.89. The molecule has 0 saturated heterocycles. The number of aliphatic hydroxyl groups excluding tert-OH is 1. The van der Waals surface area contributed by atoms with E-state index >= 15 is 0 Å². The number of pyridine rings is 1. The summed E-state index contributed by atoms with van der Waals surface area (Å²) in [5.74, 6) is 0.584. The fourth-order valence-corrected chi connectivity index (χ4v) is 3.04. The first kappa shape index (κ1) is 14.1. The lowest BCUT2D eigenvalue weighted by molar-refractivity contribution is 0.0274. The van der Waals surface area contributed by atoms with Gasteiger partial charge in [0.15, 0.2) is 0 Å². The van der Waals surface area contributed by atoms with Crippen molar-refractivity contribution < 1.29 is 5.11 Å². The molecule has 1 fully saturated rings. The zero-order chi connectivity index (χ0) is 13.3. The van der Waals surface area contributed by atoms with Crippen LogP contribution in [-0.2, 0) is 6.54 Å². The van der Waals surface area contributed by atoms with Gasteiger partial charge in [-0.15, -0.1) is 0 Å². The Kier molecular flexibility index (Phi) is 4.49. The van der Waals surface area contributed by atoms with Gasteiger partial charge in [-0.2, -0.15) is 0 Å². The molecule has 1 aliphatic carbocycles. The highest BCUT2D eigenvalue weighted by Crippen LogP contribution is 2.29. The third kappa shape index (κ3) is 3.35. The van der Waals surface area contributed by atoms with Gasteiger partial charge in [0.25, 0.3) is 0 Å². The van der Waals surface area contributed by atoms with Gasteiger partial charge in [-0.05, 0) is 38.8 Å². The number of hydrogen-bond acceptors (Lipinski definition) is 3. The lowest BCUT2D eigenvalue weighted by atomic mass is 9.82. The molecule has 0 spiro atoms. The summed E-state index contributed by atoms with van der Waals surface area (Å²) >= 11 is 12.3. The van der Waals surface area contributed by atoms with E-state index in [1.807, 2.05) is 20.0 Å². The number of halogens is 2. The van der Waals surface area contributed by atoms with E-state index in [1.54, 1.807) is 0 Å². The van der Waals surface area contributed by atoms with Crippen LogP contribution in [0, 0.1) is 12.8 Å². The van der Waals surface area contributed by atoms with Gasteiger partial charge in [-0.25, -0.2) is 4.98 Å². The Hall–Kier alpha value is -0.350. The van der Waals surface area contributed by atoms with Gasteiger partial charge in [0.05, 0.1) is 6.10 Å². The minimum Gasteiger partial charge on any atom is -0.393 e. The fourth-order valence-electron chi connectivity index (χ4n) is 2.39. The molecule has 1 saturated carbocycles. The molecule has 0 unspecified atom stereocenters. The van der Waals surface area contributed by atoms with Crippen molar-refractivity contribution in [1.82, 2.24) is 9.88 Å². The second-order valence-corrected chi connectivity index (χ2v) is 5.97. The minimum atomic E-state index is -0.100. The van der Waals surface area contributed by atoms with Crippen LogP contribution in [-0.4, -0.2) is 34.7 Å². The van der Waals surface area contributed by atoms with Gasteiger partial charge in [0.1, 0.15) is 5.15 Å². The number of aliphatic hydroxyl groups is 1. The maximum absolute atomic E-state index is 9.27. The highest BCUT2D eigenvalue weighted by Gasteiger charge is 2.28. The number of rotatable bonds is 4. The first-order valence-electron chi connectivity index (χ1n) is 6.14. The van der Waals surface area contributed by atoms with Crippen LogP contribution >= 0.6 is 23.2 Å². The van der Waals surface area contributed by atoms with E-state index in [-0.39, 0.29) is 6.10 Å². The van der Waals surface area contributed by atoms with Crippen molar-refractivity contribution in [2.45, 2.75) is 32.4 Å². The quantitative estimate of drug-likeness (QED) is 0.866. The van der Waals surface area contributed by atoms with E-state index in [9.17, 15) is 5.11 Å². The van der Waals surface area contributed by atoms with Gasteiger partial charge in [-0.1, -0.05) is 23.2 Å². The third-order valence-corrected chi connectivity index (χ3v) is 4.01. The van der Waals surface area contributed by atoms with Crippen LogP contribution in [0.4, 0.5) is 0 Å². The molecule has 100 valence electrons. The van der Waals surface area contributed by atoms with Gasteiger partial charge in [-0.3, -0.25) is 0 Å². The Morgan fingerprint density at radius 2 is 2.11 bits per heavy atom. The van der Waals surface area contributed by atoms with Gasteiger partial charge >= 0.3 is 0 Å². The molecule has 0 aromatic carbocycles. The Bertz CT molecular complexity index is 410. The zero-order valence-corrected chi connectivity index (χ0v) is 12.2. The smallest absolute Gasteiger partial charge is 0.135 e. The molecule has 5 heteroatoms. The van der Waals surface area contributed by atoms with Crippen molar-refractivity contribution in [3.05, 3.63) is 27.5 Å². The molecule has 3 nitrogen and oxygen atoms in total. The standard InChI is InChI=1S/C13H18Cl2N2O/c1-8-3-12(14)11(13(15)16-8)7-17(2)6-9-4-10(18)5-9/h3,9-10,18H,4-7H2,1-2H3. The van der Waals surface area contributed by atoms with Gasteiger partial charge in [0.2, 0.25) is 0 Å². The van der Waals surface area contributed by atoms with E-state index in [4.69, 9.17) is 23.2 Å². The molecule has 18 heavy (non-hydrogen) atoms. The molecular formula is C13H18Cl2N2O. The summed E-state index contributed by atoms with van der Waals surface area (Å²) in [6, 6.07) is 1.84. The Labute approximate surface area is 118 Å². The van der Waals surface area contributed by atoms with E-state index in [0.29, 0.717) is 22.6 Å². The summed E-state index contributed by atoms with van der Waals surface area (Å²) in [7, 11) is 2.04. The number of aryl methyl sites for hydroxylation is 1. The maximum Gasteiger partial charge on any atom is 0.135 e. The normalized spacial score (nSPS) is 23.2. The van der Waals surface area contributed by atoms with Crippen molar-refractivity contribution in [3.8, 4) is 0 Å². The van der Waals surface area contributed by atoms with Crippen molar-refractivity contribution >= 4 is 23.2 Å². The average Bonchev–Trinajstić information content (AvgIpc) is 2.21. The lowest BCUT2D eigenvalue weighted by Gasteiger charge is -2.34. The van der Waals surface area contributed by atoms with Crippen molar-refractivity contribution in [2.24, 2.45) is 5.92 Å². The first-order chi connectivity index (χ1) is 8.45. The van der Waals surface area contributed by atoms with Crippen LogP contribution in [0.5, 0.6) is 0 Å². The van der Waals surface area contributed by atoms with E-state index in [0.717, 1.165) is 30.6 Å². The minimum absolute atomic E-state index is 0.100. The molecule has 1 aromatic rings. The second kappa shape index (κ2) is 5.74. The molecule has 0 atom stereocenters. The van der Waals surface area contributed by atoms with Crippen LogP contribution in [0.25, 0.3) is 0 Å². The van der Waals surface area contributed by atoms with E-state index < -0.39 is 0 Å². The molecule has 1 heterocycles. The topological polar surface area (TPSA) is 36.4 Å². The molecular weight excluding hydrogens is 271 g/mol. The van der Waals surface area contributed by atoms with Crippen molar-refractivity contribution in [1.29, 1.82) is 0 Å². The van der Waals surface area contributed by atoms with Crippen LogP contribution in [0.1, 0.15) is 24.1 Å². The second-order valence-electron chi connectivity index (χ2n) is 5.20. The maximum atomic E-state index is 9.27. The van der Waals surface area contributed by atoms with Crippen LogP contribution < -0.4 is 0 Å². The van der Waals surface area contributed by atoms with Crippen LogP contribution in [0.3, 0.4) is 0 Å². The molecule has 2 rings (SSSR count). The molecule has 1 aromatic heterocycles. The summed E-state index contributed by atoms with van der Waals surface area (Å²) in [5, 5.41) is 10.4. The molecule has 0 bridgehead atoms. The number of aromatic nitrogens is 1. The molecule has 1 N–H and O–H groups in total. The summed E-state index contributed by atoms with van der Waals surface area (Å²) in [6.45, 7) is 3.52. The summed E-state index contributed by atoms with van der Waals surface area (Å²) in [4.78, 5) is 6.41. The Balaban J connectivity index is 1.96. The highest BCUT2D eigenvalue weighted by molar-refractivity contribution is 6.35. The fraction of sp³-hybridized carbons (Fsp3) is 0.615. The van der Waals surface area contributed by atoms with E-state index in [2.05, 4.69) is 9.88 Å². The Morgan fingerprint density at radius 1 is 1.44 bits per heavy atom. The van der Waals surface area contributed by atoms with Gasteiger partial charge < -0.3 is 10.0 Å². The zero-order valence-electron chi connectivity index (χ0n) is 10.7. The predicted molar refractivity (Wildman–Crippen MR) is 74.1 cm³/mol. The molecule has 1 aliphatic rings. The summed E-state index contributed by atoms with van der Waals surface area (Å²) < 4.78 is 0. The monoisotopic (exact) mass is 288 g/mol. The highest BCUT2D eigenvalue weighted by atomic mass is 35.5. The Morgan fingerprint density at radius 3 is 2.67 bits per heavy atom. The van der Waals surface area contributed by atoms with Crippen LogP contribution in [0.15, 0.2) is 6.07 Å². The SMILES string of the molecule is Cc1cc(Cl)c(CN(C)CC2CC(O)C2)c(Cl)n1. The third-order valence-electron chi connectivity index (χ3n) is 3.36. The van der Waals surface area contributed by atoms with Crippen molar-refractivity contribution in [2.75, 3.05) is 13.6 Å². The molecule has 0 aliphatic heterocycles. The average molecular weight is 289 g/mol. The van der Waals surface area contributed by atoms with Crippen molar-refractivity contribution in [3.63, 3.8) is 0 Å². The predicted octanol–water partition coefficient (Wildman–Crippen LogP) is 2.90. The lowest BCUT2D eigenvalue weighted by Crippen LogP contribution is -2.36. The number of hydrogen-bond donors (Lipinski definition) is 1. The summed E-state index contributed by atoms with van der Waals surface area (Å²) in [5.41, 5.74) is 1.71. The van der Waals surface area contributed by atoms with E-state index in [1.165, 1.54) is 0 Å². The summed E-state index contributed by atoms with van der Waals surface area (Å²) in [6.07, 6.45) is 1.70. The van der Waals surface area contributed by atoms with Gasteiger partial charge in [0, 0.05) is 29.4 Å².